The first-order chi connectivity index (χ1) is 10.7. The summed E-state index contributed by atoms with van der Waals surface area (Å²) in [6.07, 6.45) is 1.70. The first-order valence-electron chi connectivity index (χ1n) is 7.38. The van der Waals surface area contributed by atoms with E-state index in [1.165, 1.54) is 5.56 Å². The van der Waals surface area contributed by atoms with Gasteiger partial charge in [-0.25, -0.2) is 0 Å². The number of benzene rings is 2. The van der Waals surface area contributed by atoms with E-state index in [1.807, 2.05) is 41.3 Å². The van der Waals surface area contributed by atoms with Crippen LogP contribution in [0.25, 0.3) is 0 Å². The highest BCUT2D eigenvalue weighted by molar-refractivity contribution is 9.10. The quantitative estimate of drug-likeness (QED) is 0.823. The maximum Gasteiger partial charge on any atom is 0.230 e. The lowest BCUT2D eigenvalue weighted by atomic mass is 9.98. The molecule has 0 N–H and O–H groups in total. The van der Waals surface area contributed by atoms with Crippen molar-refractivity contribution < 1.29 is 9.53 Å². The fourth-order valence-corrected chi connectivity index (χ4v) is 3.31. The highest BCUT2D eigenvalue weighted by Gasteiger charge is 2.32. The molecule has 1 aliphatic heterocycles. The van der Waals surface area contributed by atoms with E-state index in [9.17, 15) is 4.79 Å². The molecule has 0 unspecified atom stereocenters. The number of hydrogen-bond donors (Lipinski definition) is 0. The van der Waals surface area contributed by atoms with Crippen molar-refractivity contribution in [1.29, 1.82) is 0 Å². The fourth-order valence-electron chi connectivity index (χ4n) is 2.90. The lowest BCUT2D eigenvalue weighted by molar-refractivity contribution is -0.120. The van der Waals surface area contributed by atoms with Gasteiger partial charge in [0.25, 0.3) is 0 Å². The van der Waals surface area contributed by atoms with Gasteiger partial charge in [0.2, 0.25) is 5.91 Å². The minimum Gasteiger partial charge on any atom is -0.495 e. The molecular weight excluding hydrogens is 342 g/mol. The Morgan fingerprint density at radius 1 is 1.23 bits per heavy atom. The van der Waals surface area contributed by atoms with Gasteiger partial charge in [0.05, 0.1) is 11.6 Å². The average molecular weight is 360 g/mol. The summed E-state index contributed by atoms with van der Waals surface area (Å²) in [5.41, 5.74) is 2.12. The van der Waals surface area contributed by atoms with Gasteiger partial charge < -0.3 is 9.64 Å². The second-order valence-electron chi connectivity index (χ2n) is 5.48. The number of methoxy groups -OCH3 is 1. The van der Waals surface area contributed by atoms with Gasteiger partial charge in [-0.1, -0.05) is 30.3 Å². The summed E-state index contributed by atoms with van der Waals surface area (Å²) in [6, 6.07) is 16.0. The van der Waals surface area contributed by atoms with Gasteiger partial charge in [-0.2, -0.15) is 0 Å². The van der Waals surface area contributed by atoms with Gasteiger partial charge in [0, 0.05) is 24.2 Å². The Labute approximate surface area is 139 Å². The Bertz CT molecular complexity index is 672. The minimum absolute atomic E-state index is 0.0667. The van der Waals surface area contributed by atoms with Gasteiger partial charge in [0.1, 0.15) is 5.75 Å². The molecule has 0 aliphatic carbocycles. The lowest BCUT2D eigenvalue weighted by Gasteiger charge is -2.18. The van der Waals surface area contributed by atoms with Gasteiger partial charge in [-0.15, -0.1) is 0 Å². The van der Waals surface area contributed by atoms with Crippen LogP contribution in [0.2, 0.25) is 0 Å². The van der Waals surface area contributed by atoms with Crippen LogP contribution in [0.3, 0.4) is 0 Å². The Hall–Kier alpha value is -1.81. The third-order valence-electron chi connectivity index (χ3n) is 4.09. The molecule has 2 aromatic rings. The molecule has 4 heteroatoms. The summed E-state index contributed by atoms with van der Waals surface area (Å²) in [5.74, 6) is 1.02. The zero-order valence-corrected chi connectivity index (χ0v) is 14.0. The normalized spacial score (nSPS) is 17.8. The molecule has 1 fully saturated rings. The van der Waals surface area contributed by atoms with Crippen LogP contribution in [0.15, 0.2) is 53.0 Å². The van der Waals surface area contributed by atoms with Crippen LogP contribution in [-0.4, -0.2) is 19.6 Å². The van der Waals surface area contributed by atoms with Crippen molar-refractivity contribution >= 4 is 27.5 Å². The Balaban J connectivity index is 1.76. The van der Waals surface area contributed by atoms with E-state index in [0.717, 1.165) is 35.3 Å². The number of hydrogen-bond acceptors (Lipinski definition) is 2. The molecule has 0 spiro atoms. The molecule has 1 aliphatic rings. The van der Waals surface area contributed by atoms with Gasteiger partial charge in [-0.3, -0.25) is 4.79 Å². The van der Waals surface area contributed by atoms with Crippen molar-refractivity contribution in [2.45, 2.75) is 12.8 Å². The van der Waals surface area contributed by atoms with Crippen LogP contribution in [0.4, 0.5) is 5.69 Å². The number of rotatable bonds is 4. The number of anilines is 1. The third kappa shape index (κ3) is 3.02. The van der Waals surface area contributed by atoms with Crippen LogP contribution >= 0.6 is 15.9 Å². The molecule has 2 aromatic carbocycles. The zero-order valence-electron chi connectivity index (χ0n) is 12.5. The van der Waals surface area contributed by atoms with Gasteiger partial charge in [-0.05, 0) is 46.5 Å². The van der Waals surface area contributed by atoms with Gasteiger partial charge in [0.15, 0.2) is 0 Å². The Kier molecular flexibility index (Phi) is 4.48. The molecular formula is C18H18BrNO2. The smallest absolute Gasteiger partial charge is 0.230 e. The van der Waals surface area contributed by atoms with E-state index in [1.54, 1.807) is 7.11 Å². The summed E-state index contributed by atoms with van der Waals surface area (Å²) in [6.45, 7) is 0.765. The fraction of sp³-hybridized carbons (Fsp3) is 0.278. The molecule has 3 nitrogen and oxygen atoms in total. The molecule has 3 rings (SSSR count). The topological polar surface area (TPSA) is 29.5 Å². The summed E-state index contributed by atoms with van der Waals surface area (Å²) < 4.78 is 6.21. The number of ether oxygens (including phenoxy) is 1. The monoisotopic (exact) mass is 359 g/mol. The van der Waals surface area contributed by atoms with Crippen molar-refractivity contribution in [2.24, 2.45) is 5.92 Å². The highest BCUT2D eigenvalue weighted by Crippen LogP contribution is 2.33. The molecule has 114 valence electrons. The molecule has 1 atom stereocenters. The van der Waals surface area contributed by atoms with Crippen LogP contribution in [0, 0.1) is 5.92 Å². The van der Waals surface area contributed by atoms with E-state index < -0.39 is 0 Å². The number of nitrogens with zero attached hydrogens (tertiary/aromatic N) is 1. The maximum absolute atomic E-state index is 12.7. The zero-order chi connectivity index (χ0) is 15.5. The predicted octanol–water partition coefficient (Wildman–Crippen LogP) is 4.05. The van der Waals surface area contributed by atoms with Crippen LogP contribution in [-0.2, 0) is 11.2 Å². The number of halogens is 1. The number of carbonyl (C=O) groups is 1. The van der Waals surface area contributed by atoms with Crippen molar-refractivity contribution in [3.8, 4) is 5.75 Å². The van der Waals surface area contributed by atoms with E-state index in [-0.39, 0.29) is 11.8 Å². The summed E-state index contributed by atoms with van der Waals surface area (Å²) in [5, 5.41) is 0. The van der Waals surface area contributed by atoms with Crippen LogP contribution < -0.4 is 9.64 Å². The maximum atomic E-state index is 12.7. The lowest BCUT2D eigenvalue weighted by Crippen LogP contribution is -2.27. The first-order valence-corrected chi connectivity index (χ1v) is 8.17. The number of carbonyl (C=O) groups excluding carboxylic acids is 1. The van der Waals surface area contributed by atoms with E-state index >= 15 is 0 Å². The first kappa shape index (κ1) is 15.1. The molecule has 1 amide bonds. The molecule has 0 aromatic heterocycles. The summed E-state index contributed by atoms with van der Waals surface area (Å²) in [7, 11) is 1.63. The Morgan fingerprint density at radius 3 is 2.73 bits per heavy atom. The second kappa shape index (κ2) is 6.53. The van der Waals surface area contributed by atoms with Crippen molar-refractivity contribution in [3.05, 3.63) is 58.6 Å². The average Bonchev–Trinajstić information content (AvgIpc) is 2.90. The third-order valence-corrected chi connectivity index (χ3v) is 4.74. The molecule has 1 heterocycles. The molecule has 1 saturated heterocycles. The van der Waals surface area contributed by atoms with E-state index in [4.69, 9.17) is 4.74 Å². The predicted molar refractivity (Wildman–Crippen MR) is 91.3 cm³/mol. The van der Waals surface area contributed by atoms with E-state index in [2.05, 4.69) is 28.1 Å². The summed E-state index contributed by atoms with van der Waals surface area (Å²) >= 11 is 3.44. The molecule has 22 heavy (non-hydrogen) atoms. The number of amides is 1. The van der Waals surface area contributed by atoms with Crippen molar-refractivity contribution in [1.82, 2.24) is 0 Å². The summed E-state index contributed by atoms with van der Waals surface area (Å²) in [4.78, 5) is 14.5. The minimum atomic E-state index is 0.0667. The second-order valence-corrected chi connectivity index (χ2v) is 6.34. The largest absolute Gasteiger partial charge is 0.495 e. The van der Waals surface area contributed by atoms with E-state index in [0.29, 0.717) is 0 Å². The van der Waals surface area contributed by atoms with Crippen molar-refractivity contribution in [2.75, 3.05) is 18.6 Å². The molecule has 0 saturated carbocycles. The molecule has 0 radical (unpaired) electrons. The highest BCUT2D eigenvalue weighted by atomic mass is 79.9. The van der Waals surface area contributed by atoms with Gasteiger partial charge >= 0.3 is 0 Å². The SMILES string of the molecule is COc1cc(N2CC[C@@H](Cc3ccccc3)C2=O)ccc1Br. The van der Waals surface area contributed by atoms with Crippen molar-refractivity contribution in [3.63, 3.8) is 0 Å². The molecule has 0 bridgehead atoms. The Morgan fingerprint density at radius 2 is 2.00 bits per heavy atom. The standard InChI is InChI=1S/C18H18BrNO2/c1-22-17-12-15(7-8-16(17)19)20-10-9-14(18(20)21)11-13-5-3-2-4-6-13/h2-8,12,14H,9-11H2,1H3/t14-/m0/s1. The van der Waals surface area contributed by atoms with Crippen LogP contribution in [0.5, 0.6) is 5.75 Å². The van der Waals surface area contributed by atoms with Crippen LogP contribution in [0.1, 0.15) is 12.0 Å².